The van der Waals surface area contributed by atoms with Crippen LogP contribution in [0.25, 0.3) is 11.4 Å². The number of phenolic OH excluding ortho intramolecular Hbond substituents is 1. The predicted octanol–water partition coefficient (Wildman–Crippen LogP) is 3.08. The van der Waals surface area contributed by atoms with Crippen LogP contribution in [0.3, 0.4) is 0 Å². The van der Waals surface area contributed by atoms with Gasteiger partial charge in [0.1, 0.15) is 5.75 Å². The first-order valence-corrected chi connectivity index (χ1v) is 9.29. The summed E-state index contributed by atoms with van der Waals surface area (Å²) in [5.74, 6) is 0.592. The Kier molecular flexibility index (Phi) is 6.10. The van der Waals surface area contributed by atoms with Gasteiger partial charge >= 0.3 is 0 Å². The van der Waals surface area contributed by atoms with Crippen molar-refractivity contribution >= 4 is 35.5 Å². The van der Waals surface area contributed by atoms with Crippen LogP contribution in [-0.2, 0) is 11.8 Å². The molecule has 9 heteroatoms. The van der Waals surface area contributed by atoms with E-state index in [1.807, 2.05) is 19.2 Å². The monoisotopic (exact) mass is 401 g/mol. The molecule has 2 aromatic carbocycles. The molecule has 0 unspecified atom stereocenters. The number of aromatic hydroxyl groups is 1. The fourth-order valence-electron chi connectivity index (χ4n) is 2.25. The third-order valence-electron chi connectivity index (χ3n) is 3.58. The van der Waals surface area contributed by atoms with Crippen LogP contribution in [0, 0.1) is 0 Å². The van der Waals surface area contributed by atoms with Gasteiger partial charge in [0.2, 0.25) is 0 Å². The van der Waals surface area contributed by atoms with Crippen molar-refractivity contribution in [3.63, 3.8) is 0 Å². The van der Waals surface area contributed by atoms with Crippen LogP contribution in [0.4, 0.5) is 0 Å². The molecule has 0 saturated carbocycles. The zero-order valence-electron chi connectivity index (χ0n) is 14.3. The Balaban J connectivity index is 1.57. The number of halogens is 1. The highest BCUT2D eigenvalue weighted by molar-refractivity contribution is 7.99. The van der Waals surface area contributed by atoms with Crippen molar-refractivity contribution in [3.8, 4) is 17.1 Å². The number of carbonyl (C=O) groups is 1. The molecule has 0 radical (unpaired) electrons. The molecule has 138 valence electrons. The van der Waals surface area contributed by atoms with E-state index in [4.69, 9.17) is 11.6 Å². The molecule has 0 saturated heterocycles. The fourth-order valence-corrected chi connectivity index (χ4v) is 3.15. The van der Waals surface area contributed by atoms with Gasteiger partial charge in [0.25, 0.3) is 5.91 Å². The van der Waals surface area contributed by atoms with Crippen LogP contribution in [0.5, 0.6) is 5.75 Å². The first-order chi connectivity index (χ1) is 13.0. The van der Waals surface area contributed by atoms with Gasteiger partial charge in [-0.1, -0.05) is 47.6 Å². The van der Waals surface area contributed by atoms with Crippen LogP contribution in [-0.4, -0.2) is 37.7 Å². The molecule has 0 aliphatic carbocycles. The number of carbonyl (C=O) groups excluding carboxylic acids is 1. The van der Waals surface area contributed by atoms with Crippen LogP contribution in [0.15, 0.2) is 58.8 Å². The average Bonchev–Trinajstić information content (AvgIpc) is 3.02. The number of nitrogens with one attached hydrogen (secondary N) is 1. The predicted molar refractivity (Wildman–Crippen MR) is 106 cm³/mol. The van der Waals surface area contributed by atoms with E-state index in [1.54, 1.807) is 41.0 Å². The molecule has 1 heterocycles. The normalized spacial score (nSPS) is 11.0. The SMILES string of the molecule is Cn1c(SCC(=O)N/N=C/c2ccccc2O)nnc1-c1cccc(Cl)c1. The number of benzene rings is 2. The molecular weight excluding hydrogens is 386 g/mol. The molecule has 3 aromatic rings. The lowest BCUT2D eigenvalue weighted by atomic mass is 10.2. The van der Waals surface area contributed by atoms with E-state index in [-0.39, 0.29) is 17.4 Å². The van der Waals surface area contributed by atoms with Crippen molar-refractivity contribution in [1.29, 1.82) is 0 Å². The van der Waals surface area contributed by atoms with Crippen molar-refractivity contribution in [1.82, 2.24) is 20.2 Å². The molecular formula is C18H16ClN5O2S. The Bertz CT molecular complexity index is 989. The van der Waals surface area contributed by atoms with Crippen LogP contribution >= 0.6 is 23.4 Å². The summed E-state index contributed by atoms with van der Waals surface area (Å²) in [6.07, 6.45) is 1.39. The molecule has 27 heavy (non-hydrogen) atoms. The van der Waals surface area contributed by atoms with Crippen LogP contribution in [0.2, 0.25) is 5.02 Å². The molecule has 0 spiro atoms. The lowest BCUT2D eigenvalue weighted by Gasteiger charge is -2.04. The van der Waals surface area contributed by atoms with Crippen molar-refractivity contribution in [2.24, 2.45) is 12.1 Å². The fraction of sp³-hybridized carbons (Fsp3) is 0.111. The summed E-state index contributed by atoms with van der Waals surface area (Å²) in [5.41, 5.74) is 3.78. The highest BCUT2D eigenvalue weighted by atomic mass is 35.5. The highest BCUT2D eigenvalue weighted by Gasteiger charge is 2.13. The highest BCUT2D eigenvalue weighted by Crippen LogP contribution is 2.24. The Labute approximate surface area is 165 Å². The third kappa shape index (κ3) is 4.87. The van der Waals surface area contributed by atoms with Gasteiger partial charge in [0, 0.05) is 23.2 Å². The minimum absolute atomic E-state index is 0.0949. The van der Waals surface area contributed by atoms with E-state index in [0.717, 1.165) is 5.56 Å². The third-order valence-corrected chi connectivity index (χ3v) is 4.84. The number of hydrogen-bond donors (Lipinski definition) is 2. The number of amides is 1. The Morgan fingerprint density at radius 2 is 2.11 bits per heavy atom. The van der Waals surface area contributed by atoms with E-state index < -0.39 is 0 Å². The molecule has 0 atom stereocenters. The lowest BCUT2D eigenvalue weighted by Crippen LogP contribution is -2.19. The first kappa shape index (κ1) is 18.9. The van der Waals surface area contributed by atoms with E-state index in [2.05, 4.69) is 20.7 Å². The second-order valence-electron chi connectivity index (χ2n) is 5.52. The summed E-state index contributed by atoms with van der Waals surface area (Å²) in [4.78, 5) is 11.9. The average molecular weight is 402 g/mol. The molecule has 0 fully saturated rings. The van der Waals surface area contributed by atoms with Gasteiger partial charge in [-0.2, -0.15) is 5.10 Å². The van der Waals surface area contributed by atoms with Gasteiger partial charge in [0.05, 0.1) is 12.0 Å². The molecule has 2 N–H and O–H groups in total. The summed E-state index contributed by atoms with van der Waals surface area (Å²) in [6.45, 7) is 0. The van der Waals surface area contributed by atoms with Crippen LogP contribution < -0.4 is 5.43 Å². The number of para-hydroxylation sites is 1. The van der Waals surface area contributed by atoms with E-state index in [9.17, 15) is 9.90 Å². The smallest absolute Gasteiger partial charge is 0.250 e. The van der Waals surface area contributed by atoms with Gasteiger partial charge in [-0.05, 0) is 24.3 Å². The minimum atomic E-state index is -0.293. The second kappa shape index (κ2) is 8.70. The number of aromatic nitrogens is 3. The van der Waals surface area contributed by atoms with Crippen LogP contribution in [0.1, 0.15) is 5.56 Å². The Morgan fingerprint density at radius 1 is 1.30 bits per heavy atom. The standard InChI is InChI=1S/C18H16ClN5O2S/c1-24-17(12-6-4-7-14(19)9-12)22-23-18(24)27-11-16(26)21-20-10-13-5-2-3-8-15(13)25/h2-10,25H,11H2,1H3,(H,21,26)/b20-10+. The van der Waals surface area contributed by atoms with Gasteiger partial charge < -0.3 is 9.67 Å². The topological polar surface area (TPSA) is 92.4 Å². The van der Waals surface area contributed by atoms with E-state index >= 15 is 0 Å². The van der Waals surface area contributed by atoms with Gasteiger partial charge in [0.15, 0.2) is 11.0 Å². The molecule has 1 amide bonds. The van der Waals surface area contributed by atoms with E-state index in [0.29, 0.717) is 21.6 Å². The summed E-state index contributed by atoms with van der Waals surface area (Å²) in [6, 6.07) is 14.0. The van der Waals surface area contributed by atoms with Crippen molar-refractivity contribution in [2.75, 3.05) is 5.75 Å². The zero-order chi connectivity index (χ0) is 19.2. The molecule has 3 rings (SSSR count). The lowest BCUT2D eigenvalue weighted by molar-refractivity contribution is -0.118. The largest absolute Gasteiger partial charge is 0.507 e. The summed E-state index contributed by atoms with van der Waals surface area (Å²) < 4.78 is 1.80. The maximum atomic E-state index is 11.9. The first-order valence-electron chi connectivity index (χ1n) is 7.92. The van der Waals surface area contributed by atoms with Crippen molar-refractivity contribution < 1.29 is 9.90 Å². The number of phenols is 1. The molecule has 7 nitrogen and oxygen atoms in total. The molecule has 0 bridgehead atoms. The van der Waals surface area contributed by atoms with Crippen molar-refractivity contribution in [3.05, 3.63) is 59.1 Å². The van der Waals surface area contributed by atoms with Crippen molar-refractivity contribution in [2.45, 2.75) is 5.16 Å². The summed E-state index contributed by atoms with van der Waals surface area (Å²) in [7, 11) is 1.83. The van der Waals surface area contributed by atoms with Gasteiger partial charge in [-0.25, -0.2) is 5.43 Å². The zero-order valence-corrected chi connectivity index (χ0v) is 15.9. The number of nitrogens with zero attached hydrogens (tertiary/aromatic N) is 4. The molecule has 0 aliphatic heterocycles. The number of thioether (sulfide) groups is 1. The molecule has 0 aliphatic rings. The molecule has 1 aromatic heterocycles. The van der Waals surface area contributed by atoms with Gasteiger partial charge in [-0.3, -0.25) is 4.79 Å². The maximum absolute atomic E-state index is 11.9. The van der Waals surface area contributed by atoms with E-state index in [1.165, 1.54) is 18.0 Å². The minimum Gasteiger partial charge on any atom is -0.507 e. The number of hydrazone groups is 1. The second-order valence-corrected chi connectivity index (χ2v) is 6.90. The summed E-state index contributed by atoms with van der Waals surface area (Å²) >= 11 is 7.26. The number of rotatable bonds is 6. The summed E-state index contributed by atoms with van der Waals surface area (Å²) in [5, 5.41) is 23.0. The Morgan fingerprint density at radius 3 is 2.89 bits per heavy atom. The maximum Gasteiger partial charge on any atom is 0.250 e. The number of hydrogen-bond acceptors (Lipinski definition) is 6. The Hall–Kier alpha value is -2.84. The van der Waals surface area contributed by atoms with Gasteiger partial charge in [-0.15, -0.1) is 10.2 Å². The quantitative estimate of drug-likeness (QED) is 0.376.